The lowest BCUT2D eigenvalue weighted by Crippen LogP contribution is -2.48. The Morgan fingerprint density at radius 2 is 1.79 bits per heavy atom. The molecule has 0 spiro atoms. The van der Waals surface area contributed by atoms with Crippen LogP contribution in [0.5, 0.6) is 0 Å². The molecule has 0 atom stereocenters. The van der Waals surface area contributed by atoms with E-state index in [1.54, 1.807) is 11.8 Å². The van der Waals surface area contributed by atoms with E-state index in [2.05, 4.69) is 50.9 Å². The Kier molecular flexibility index (Phi) is 10.8. The summed E-state index contributed by atoms with van der Waals surface area (Å²) in [5, 5.41) is 6.93. The number of thioether (sulfide) groups is 1. The third kappa shape index (κ3) is 8.52. The summed E-state index contributed by atoms with van der Waals surface area (Å²) in [5.41, 5.74) is 1.38. The molecule has 2 aromatic carbocycles. The highest BCUT2D eigenvalue weighted by atomic mass is 127. The molecule has 4 nitrogen and oxygen atoms in total. The summed E-state index contributed by atoms with van der Waals surface area (Å²) in [7, 11) is 1.81. The summed E-state index contributed by atoms with van der Waals surface area (Å²) in [4.78, 5) is 7.94. The van der Waals surface area contributed by atoms with Gasteiger partial charge in [0.1, 0.15) is 5.82 Å². The highest BCUT2D eigenvalue weighted by Crippen LogP contribution is 2.17. The van der Waals surface area contributed by atoms with Gasteiger partial charge < -0.3 is 10.6 Å². The number of guanidine groups is 1. The van der Waals surface area contributed by atoms with Crippen molar-refractivity contribution in [3.05, 3.63) is 66.0 Å². The number of piperidine rings is 1. The molecule has 158 valence electrons. The maximum absolute atomic E-state index is 12.9. The van der Waals surface area contributed by atoms with Crippen molar-refractivity contribution < 1.29 is 4.39 Å². The fraction of sp³-hybridized carbons (Fsp3) is 0.409. The molecule has 7 heteroatoms. The predicted octanol–water partition coefficient (Wildman–Crippen LogP) is 4.37. The van der Waals surface area contributed by atoms with Gasteiger partial charge in [-0.15, -0.1) is 35.7 Å². The second kappa shape index (κ2) is 13.1. The van der Waals surface area contributed by atoms with E-state index in [4.69, 9.17) is 0 Å². The fourth-order valence-corrected chi connectivity index (χ4v) is 4.10. The summed E-state index contributed by atoms with van der Waals surface area (Å²) in [6.07, 6.45) is 2.25. The highest BCUT2D eigenvalue weighted by Gasteiger charge is 2.19. The van der Waals surface area contributed by atoms with Crippen LogP contribution in [0.3, 0.4) is 0 Å². The number of aliphatic imine (C=N–C) groups is 1. The second-order valence-corrected chi connectivity index (χ2v) is 8.15. The molecule has 1 heterocycles. The van der Waals surface area contributed by atoms with E-state index in [-0.39, 0.29) is 29.8 Å². The van der Waals surface area contributed by atoms with Gasteiger partial charge >= 0.3 is 0 Å². The SMILES string of the molecule is CN=C(NCCSc1ccc(F)cc1)NC1CCN(Cc2ccccc2)CC1.I. The third-order valence-electron chi connectivity index (χ3n) is 4.88. The van der Waals surface area contributed by atoms with Crippen LogP contribution in [-0.4, -0.2) is 49.3 Å². The number of hydrogen-bond acceptors (Lipinski definition) is 3. The summed E-state index contributed by atoms with van der Waals surface area (Å²) in [6.45, 7) is 4.05. The van der Waals surface area contributed by atoms with Gasteiger partial charge in [0.2, 0.25) is 0 Å². The largest absolute Gasteiger partial charge is 0.356 e. The number of hydrogen-bond donors (Lipinski definition) is 2. The van der Waals surface area contributed by atoms with Crippen molar-refractivity contribution in [1.29, 1.82) is 0 Å². The van der Waals surface area contributed by atoms with Crippen LogP contribution in [0.1, 0.15) is 18.4 Å². The van der Waals surface area contributed by atoms with Gasteiger partial charge in [-0.3, -0.25) is 9.89 Å². The van der Waals surface area contributed by atoms with E-state index in [9.17, 15) is 4.39 Å². The molecule has 1 aliphatic heterocycles. The molecule has 1 fully saturated rings. The van der Waals surface area contributed by atoms with Crippen LogP contribution in [0.4, 0.5) is 4.39 Å². The maximum atomic E-state index is 12.9. The smallest absolute Gasteiger partial charge is 0.191 e. The molecule has 0 aromatic heterocycles. The molecule has 1 aliphatic rings. The summed E-state index contributed by atoms with van der Waals surface area (Å²) in [5.74, 6) is 1.57. The Labute approximate surface area is 194 Å². The van der Waals surface area contributed by atoms with Gasteiger partial charge in [-0.2, -0.15) is 0 Å². The number of likely N-dealkylation sites (tertiary alicyclic amines) is 1. The van der Waals surface area contributed by atoms with Gasteiger partial charge in [-0.05, 0) is 42.7 Å². The molecule has 29 heavy (non-hydrogen) atoms. The van der Waals surface area contributed by atoms with Crippen LogP contribution in [0.15, 0.2) is 64.5 Å². The van der Waals surface area contributed by atoms with Crippen molar-refractivity contribution in [3.63, 3.8) is 0 Å². The molecule has 2 N–H and O–H groups in total. The lowest BCUT2D eigenvalue weighted by atomic mass is 10.0. The van der Waals surface area contributed by atoms with Crippen LogP contribution in [0, 0.1) is 5.82 Å². The third-order valence-corrected chi connectivity index (χ3v) is 5.89. The zero-order chi connectivity index (χ0) is 19.6. The molecule has 1 saturated heterocycles. The molecule has 0 amide bonds. The number of nitrogens with one attached hydrogen (secondary N) is 2. The molecule has 0 bridgehead atoms. The fourth-order valence-electron chi connectivity index (χ4n) is 3.33. The van der Waals surface area contributed by atoms with E-state index < -0.39 is 0 Å². The number of rotatable bonds is 7. The number of benzene rings is 2. The Bertz CT molecular complexity index is 734. The molecule has 0 radical (unpaired) electrons. The Balaban J connectivity index is 0.00000300. The normalized spacial score (nSPS) is 15.6. The van der Waals surface area contributed by atoms with Crippen molar-refractivity contribution >= 4 is 41.7 Å². The van der Waals surface area contributed by atoms with Gasteiger partial charge in [0.05, 0.1) is 0 Å². The van der Waals surface area contributed by atoms with Crippen molar-refractivity contribution in [2.45, 2.75) is 30.3 Å². The van der Waals surface area contributed by atoms with Gasteiger partial charge in [-0.1, -0.05) is 30.3 Å². The summed E-state index contributed by atoms with van der Waals surface area (Å²) < 4.78 is 12.9. The van der Waals surface area contributed by atoms with E-state index in [0.717, 1.165) is 55.6 Å². The first-order valence-electron chi connectivity index (χ1n) is 9.85. The summed E-state index contributed by atoms with van der Waals surface area (Å²) in [6, 6.07) is 17.8. The van der Waals surface area contributed by atoms with Crippen molar-refractivity contribution in [2.75, 3.05) is 32.4 Å². The van der Waals surface area contributed by atoms with E-state index in [0.29, 0.717) is 6.04 Å². The Morgan fingerprint density at radius 1 is 1.10 bits per heavy atom. The lowest BCUT2D eigenvalue weighted by molar-refractivity contribution is 0.198. The Morgan fingerprint density at radius 3 is 2.45 bits per heavy atom. The van der Waals surface area contributed by atoms with Gasteiger partial charge in [0, 0.05) is 49.9 Å². The van der Waals surface area contributed by atoms with Gasteiger partial charge in [-0.25, -0.2) is 4.39 Å². The monoisotopic (exact) mass is 528 g/mol. The lowest BCUT2D eigenvalue weighted by Gasteiger charge is -2.33. The van der Waals surface area contributed by atoms with Crippen LogP contribution in [0.2, 0.25) is 0 Å². The molecule has 0 aliphatic carbocycles. The molecule has 3 rings (SSSR count). The Hall–Kier alpha value is -1.32. The minimum absolute atomic E-state index is 0. The first-order chi connectivity index (χ1) is 13.7. The van der Waals surface area contributed by atoms with E-state index in [1.165, 1.54) is 17.7 Å². The van der Waals surface area contributed by atoms with Crippen LogP contribution in [0.25, 0.3) is 0 Å². The second-order valence-electron chi connectivity index (χ2n) is 6.98. The van der Waals surface area contributed by atoms with E-state index >= 15 is 0 Å². The quantitative estimate of drug-likeness (QED) is 0.184. The van der Waals surface area contributed by atoms with Crippen LogP contribution < -0.4 is 10.6 Å². The van der Waals surface area contributed by atoms with Crippen molar-refractivity contribution in [3.8, 4) is 0 Å². The standard InChI is InChI=1S/C22H29FN4S.HI/c1-24-22(25-13-16-28-21-9-7-19(23)8-10-21)26-20-11-14-27(15-12-20)17-18-5-3-2-4-6-18;/h2-10,20H,11-17H2,1H3,(H2,24,25,26);1H. The molecular formula is C22H30FIN4S. The topological polar surface area (TPSA) is 39.7 Å². The maximum Gasteiger partial charge on any atom is 0.191 e. The first kappa shape index (κ1) is 24.0. The zero-order valence-corrected chi connectivity index (χ0v) is 20.0. The van der Waals surface area contributed by atoms with Crippen molar-refractivity contribution in [1.82, 2.24) is 15.5 Å². The minimum Gasteiger partial charge on any atom is -0.356 e. The zero-order valence-electron chi connectivity index (χ0n) is 16.8. The predicted molar refractivity (Wildman–Crippen MR) is 132 cm³/mol. The molecule has 2 aromatic rings. The molecule has 0 saturated carbocycles. The average Bonchev–Trinajstić information content (AvgIpc) is 2.73. The van der Waals surface area contributed by atoms with E-state index in [1.807, 2.05) is 19.2 Å². The average molecular weight is 528 g/mol. The first-order valence-corrected chi connectivity index (χ1v) is 10.8. The van der Waals surface area contributed by atoms with Crippen LogP contribution >= 0.6 is 35.7 Å². The van der Waals surface area contributed by atoms with Gasteiger partial charge in [0.15, 0.2) is 5.96 Å². The summed E-state index contributed by atoms with van der Waals surface area (Å²) >= 11 is 1.71. The minimum atomic E-state index is -0.193. The highest BCUT2D eigenvalue weighted by molar-refractivity contribution is 14.0. The molecular weight excluding hydrogens is 498 g/mol. The van der Waals surface area contributed by atoms with Gasteiger partial charge in [0.25, 0.3) is 0 Å². The number of halogens is 2. The molecule has 0 unspecified atom stereocenters. The number of nitrogens with zero attached hydrogens (tertiary/aromatic N) is 2. The van der Waals surface area contributed by atoms with Crippen molar-refractivity contribution in [2.24, 2.45) is 4.99 Å². The van der Waals surface area contributed by atoms with Crippen LogP contribution in [-0.2, 0) is 6.54 Å².